The van der Waals surface area contributed by atoms with Crippen molar-refractivity contribution < 1.29 is 4.74 Å². The average Bonchev–Trinajstić information content (AvgIpc) is 2.18. The molecule has 0 spiro atoms. The van der Waals surface area contributed by atoms with E-state index in [-0.39, 0.29) is 0 Å². The lowest BCUT2D eigenvalue weighted by Crippen LogP contribution is -1.90. The van der Waals surface area contributed by atoms with Gasteiger partial charge in [0.05, 0.1) is 12.6 Å². The number of H-pyrrole nitrogens is 1. The van der Waals surface area contributed by atoms with Crippen LogP contribution >= 0.6 is 12.2 Å². The Bertz CT molecular complexity index is 494. The van der Waals surface area contributed by atoms with Gasteiger partial charge in [0, 0.05) is 11.5 Å². The summed E-state index contributed by atoms with van der Waals surface area (Å²) in [4.78, 5) is 0. The zero-order chi connectivity index (χ0) is 9.26. The van der Waals surface area contributed by atoms with Crippen molar-refractivity contribution in [1.29, 1.82) is 0 Å². The van der Waals surface area contributed by atoms with Crippen LogP contribution in [0.2, 0.25) is 0 Å². The fourth-order valence-electron chi connectivity index (χ4n) is 1.11. The van der Waals surface area contributed by atoms with Crippen molar-refractivity contribution in [3.05, 3.63) is 22.8 Å². The fourth-order valence-corrected chi connectivity index (χ4v) is 1.33. The first kappa shape index (κ1) is 8.12. The van der Waals surface area contributed by atoms with Gasteiger partial charge < -0.3 is 4.74 Å². The first-order valence-corrected chi connectivity index (χ1v) is 4.11. The molecule has 0 saturated carbocycles. The molecule has 0 atom stereocenters. The molecule has 1 heterocycles. The van der Waals surface area contributed by atoms with E-state index in [0.29, 0.717) is 4.64 Å². The maximum Gasteiger partial charge on any atom is 0.159 e. The van der Waals surface area contributed by atoms with Crippen molar-refractivity contribution >= 4 is 23.1 Å². The van der Waals surface area contributed by atoms with Crippen molar-refractivity contribution in [2.45, 2.75) is 0 Å². The average molecular weight is 193 g/mol. The molecular formula is C8H7N3OS. The molecule has 0 radical (unpaired) electrons. The highest BCUT2D eigenvalue weighted by atomic mass is 32.1. The Kier molecular flexibility index (Phi) is 1.94. The second kappa shape index (κ2) is 3.10. The molecule has 0 aliphatic heterocycles. The predicted molar refractivity (Wildman–Crippen MR) is 51.3 cm³/mol. The molecule has 0 fully saturated rings. The summed E-state index contributed by atoms with van der Waals surface area (Å²) in [5.74, 6) is 0.770. The number of nitrogens with one attached hydrogen (secondary N) is 1. The number of rotatable bonds is 1. The van der Waals surface area contributed by atoms with Crippen LogP contribution in [0, 0.1) is 4.64 Å². The zero-order valence-corrected chi connectivity index (χ0v) is 7.76. The molecule has 1 aromatic carbocycles. The van der Waals surface area contributed by atoms with E-state index in [4.69, 9.17) is 17.0 Å². The lowest BCUT2D eigenvalue weighted by molar-refractivity contribution is 0.415. The Hall–Kier alpha value is -1.49. The number of methoxy groups -OCH3 is 1. The van der Waals surface area contributed by atoms with Crippen molar-refractivity contribution in [3.63, 3.8) is 0 Å². The van der Waals surface area contributed by atoms with Gasteiger partial charge in [0.1, 0.15) is 5.75 Å². The van der Waals surface area contributed by atoms with Crippen molar-refractivity contribution in [1.82, 2.24) is 15.4 Å². The molecule has 0 aliphatic carbocycles. The number of ether oxygens (including phenoxy) is 1. The molecule has 1 aromatic heterocycles. The second-order valence-electron chi connectivity index (χ2n) is 2.53. The van der Waals surface area contributed by atoms with Gasteiger partial charge in [0.25, 0.3) is 0 Å². The third-order valence-corrected chi connectivity index (χ3v) is 2.07. The number of benzene rings is 1. The van der Waals surface area contributed by atoms with E-state index in [2.05, 4.69) is 15.4 Å². The summed E-state index contributed by atoms with van der Waals surface area (Å²) in [7, 11) is 1.62. The molecule has 13 heavy (non-hydrogen) atoms. The Morgan fingerprint density at radius 3 is 3.08 bits per heavy atom. The molecule has 2 aromatic rings. The van der Waals surface area contributed by atoms with Crippen LogP contribution < -0.4 is 4.74 Å². The number of aromatic amines is 1. The minimum Gasteiger partial charge on any atom is -0.497 e. The lowest BCUT2D eigenvalue weighted by Gasteiger charge is -2.00. The summed E-state index contributed by atoms with van der Waals surface area (Å²) in [6.07, 6.45) is 0. The summed E-state index contributed by atoms with van der Waals surface area (Å²) in [5.41, 5.74) is 0.833. The highest BCUT2D eigenvalue weighted by Crippen LogP contribution is 2.17. The first-order chi connectivity index (χ1) is 6.31. The molecule has 0 amide bonds. The Labute approximate surface area is 79.5 Å². The maximum atomic E-state index is 5.06. The molecular weight excluding hydrogens is 186 g/mol. The maximum absolute atomic E-state index is 5.06. The monoisotopic (exact) mass is 193 g/mol. The molecule has 0 saturated heterocycles. The summed E-state index contributed by atoms with van der Waals surface area (Å²) >= 11 is 5.00. The van der Waals surface area contributed by atoms with Gasteiger partial charge in [-0.05, 0) is 12.1 Å². The number of hydrogen-bond donors (Lipinski definition) is 1. The highest BCUT2D eigenvalue weighted by molar-refractivity contribution is 7.71. The van der Waals surface area contributed by atoms with Crippen LogP contribution in [0.5, 0.6) is 5.75 Å². The van der Waals surface area contributed by atoms with E-state index < -0.39 is 0 Å². The minimum atomic E-state index is 0.497. The van der Waals surface area contributed by atoms with Crippen LogP contribution in [0.1, 0.15) is 0 Å². The quantitative estimate of drug-likeness (QED) is 0.700. The van der Waals surface area contributed by atoms with Crippen LogP contribution in [-0.2, 0) is 0 Å². The standard InChI is InChI=1S/C8H7N3OS/c1-12-5-2-3-6-7(4-5)9-11-10-8(6)13/h2-4H,1H3,(H,9,10,13). The van der Waals surface area contributed by atoms with Gasteiger partial charge in [-0.1, -0.05) is 17.4 Å². The number of hydrogen-bond acceptors (Lipinski definition) is 4. The summed E-state index contributed by atoms with van der Waals surface area (Å²) in [6.45, 7) is 0. The normalized spacial score (nSPS) is 10.2. The lowest BCUT2D eigenvalue weighted by atomic mass is 10.2. The summed E-state index contributed by atoms with van der Waals surface area (Å²) in [6, 6.07) is 5.54. The van der Waals surface area contributed by atoms with Gasteiger partial charge >= 0.3 is 0 Å². The number of aromatic nitrogens is 3. The molecule has 0 bridgehead atoms. The van der Waals surface area contributed by atoms with Gasteiger partial charge in [0.2, 0.25) is 0 Å². The molecule has 1 N–H and O–H groups in total. The summed E-state index contributed by atoms with van der Waals surface area (Å²) in [5, 5.41) is 11.0. The second-order valence-corrected chi connectivity index (χ2v) is 2.92. The highest BCUT2D eigenvalue weighted by Gasteiger charge is 1.98. The fraction of sp³-hybridized carbons (Fsp3) is 0.125. The van der Waals surface area contributed by atoms with Gasteiger partial charge in [-0.2, -0.15) is 0 Å². The number of fused-ring (bicyclic) bond motifs is 1. The van der Waals surface area contributed by atoms with Crippen molar-refractivity contribution in [2.75, 3.05) is 7.11 Å². The van der Waals surface area contributed by atoms with E-state index >= 15 is 0 Å². The third kappa shape index (κ3) is 1.38. The topological polar surface area (TPSA) is 50.8 Å². The van der Waals surface area contributed by atoms with E-state index in [0.717, 1.165) is 16.7 Å². The Morgan fingerprint density at radius 1 is 1.46 bits per heavy atom. The van der Waals surface area contributed by atoms with Crippen LogP contribution in [0.3, 0.4) is 0 Å². The molecule has 0 aliphatic rings. The van der Waals surface area contributed by atoms with Crippen LogP contribution in [0.15, 0.2) is 18.2 Å². The Morgan fingerprint density at radius 2 is 2.31 bits per heavy atom. The molecule has 66 valence electrons. The van der Waals surface area contributed by atoms with Crippen LogP contribution in [0.4, 0.5) is 0 Å². The SMILES string of the molecule is COc1ccc2c(=S)nn[nH]c2c1. The molecule has 5 heteroatoms. The Balaban J connectivity index is 2.80. The van der Waals surface area contributed by atoms with Crippen molar-refractivity contribution in [3.8, 4) is 5.75 Å². The van der Waals surface area contributed by atoms with E-state index in [9.17, 15) is 0 Å². The smallest absolute Gasteiger partial charge is 0.159 e. The largest absolute Gasteiger partial charge is 0.497 e. The van der Waals surface area contributed by atoms with Crippen LogP contribution in [-0.4, -0.2) is 22.5 Å². The van der Waals surface area contributed by atoms with Gasteiger partial charge in [-0.15, -0.1) is 5.10 Å². The number of nitrogens with zero attached hydrogens (tertiary/aromatic N) is 2. The molecule has 4 nitrogen and oxygen atoms in total. The van der Waals surface area contributed by atoms with Gasteiger partial charge in [-0.3, -0.25) is 5.10 Å². The molecule has 0 unspecified atom stereocenters. The zero-order valence-electron chi connectivity index (χ0n) is 6.94. The molecule has 2 rings (SSSR count). The van der Waals surface area contributed by atoms with E-state index in [1.165, 1.54) is 0 Å². The third-order valence-electron chi connectivity index (χ3n) is 1.77. The summed E-state index contributed by atoms with van der Waals surface area (Å²) < 4.78 is 5.56. The van der Waals surface area contributed by atoms with Gasteiger partial charge in [0.15, 0.2) is 4.64 Å². The predicted octanol–water partition coefficient (Wildman–Crippen LogP) is 1.70. The first-order valence-electron chi connectivity index (χ1n) is 3.70. The van der Waals surface area contributed by atoms with E-state index in [1.54, 1.807) is 7.11 Å². The van der Waals surface area contributed by atoms with Crippen LogP contribution in [0.25, 0.3) is 10.9 Å². The van der Waals surface area contributed by atoms with Crippen molar-refractivity contribution in [2.24, 2.45) is 0 Å². The minimum absolute atomic E-state index is 0.497. The van der Waals surface area contributed by atoms with Gasteiger partial charge in [-0.25, -0.2) is 0 Å². The van der Waals surface area contributed by atoms with E-state index in [1.807, 2.05) is 18.2 Å².